The molecule has 5 heteroatoms. The van der Waals surface area contributed by atoms with Gasteiger partial charge in [0.1, 0.15) is 5.78 Å². The number of carbonyl (C=O) groups is 1. The third-order valence-electron chi connectivity index (χ3n) is 5.06. The van der Waals surface area contributed by atoms with Crippen LogP contribution in [0.3, 0.4) is 0 Å². The number of hydrogen-bond donors (Lipinski definition) is 0. The summed E-state index contributed by atoms with van der Waals surface area (Å²) in [7, 11) is 0. The molecule has 3 rings (SSSR count). The second-order valence-corrected chi connectivity index (χ2v) is 6.42. The van der Waals surface area contributed by atoms with Crippen molar-refractivity contribution in [2.75, 3.05) is 19.6 Å². The number of piperidine rings is 1. The molecule has 0 atom stereocenters. The highest BCUT2D eigenvalue weighted by Gasteiger charge is 2.43. The zero-order chi connectivity index (χ0) is 14.2. The van der Waals surface area contributed by atoms with E-state index in [0.29, 0.717) is 17.5 Å². The summed E-state index contributed by atoms with van der Waals surface area (Å²) in [4.78, 5) is 18.6. The van der Waals surface area contributed by atoms with Crippen LogP contribution >= 0.6 is 0 Å². The molecule has 2 aliphatic rings. The molecule has 1 saturated heterocycles. The fourth-order valence-electron chi connectivity index (χ4n) is 3.47. The summed E-state index contributed by atoms with van der Waals surface area (Å²) in [5.41, 5.74) is -0.0338. The van der Waals surface area contributed by atoms with Crippen molar-refractivity contribution in [3.8, 4) is 0 Å². The number of aryl methyl sites for hydroxylation is 1. The molecular formula is C15H23N3O2. The van der Waals surface area contributed by atoms with Gasteiger partial charge in [-0.3, -0.25) is 4.79 Å². The number of Topliss-reactive ketones (excluding diaryl/α,β-unsaturated/α-hetero) is 1. The number of nitrogens with zero attached hydrogens (tertiary/aromatic N) is 3. The zero-order valence-corrected chi connectivity index (χ0v) is 12.4. The standard InChI is InChI=1S/C15H23N3O2/c1-11(19)15(6-3-7-15)10-18-8-4-13(5-9-18)14-16-12(2)17-20-14/h13H,3-10H2,1-2H3. The molecule has 1 aromatic heterocycles. The van der Waals surface area contributed by atoms with E-state index in [2.05, 4.69) is 15.0 Å². The van der Waals surface area contributed by atoms with E-state index in [-0.39, 0.29) is 5.41 Å². The Labute approximate surface area is 119 Å². The van der Waals surface area contributed by atoms with Crippen LogP contribution in [0.25, 0.3) is 0 Å². The second-order valence-electron chi connectivity index (χ2n) is 6.42. The van der Waals surface area contributed by atoms with Crippen LogP contribution < -0.4 is 0 Å². The van der Waals surface area contributed by atoms with E-state index in [1.807, 2.05) is 6.92 Å². The first-order valence-electron chi connectivity index (χ1n) is 7.63. The molecule has 1 saturated carbocycles. The number of rotatable bonds is 4. The van der Waals surface area contributed by atoms with E-state index in [4.69, 9.17) is 4.52 Å². The molecule has 0 bridgehead atoms. The second kappa shape index (κ2) is 5.28. The number of carbonyl (C=O) groups excluding carboxylic acids is 1. The quantitative estimate of drug-likeness (QED) is 0.845. The fraction of sp³-hybridized carbons (Fsp3) is 0.800. The Kier molecular flexibility index (Phi) is 3.63. The van der Waals surface area contributed by atoms with Crippen LogP contribution in [0.15, 0.2) is 4.52 Å². The van der Waals surface area contributed by atoms with Crippen molar-refractivity contribution in [2.24, 2.45) is 5.41 Å². The van der Waals surface area contributed by atoms with Gasteiger partial charge in [-0.05, 0) is 52.6 Å². The van der Waals surface area contributed by atoms with E-state index < -0.39 is 0 Å². The molecule has 1 aromatic rings. The summed E-state index contributed by atoms with van der Waals surface area (Å²) in [5.74, 6) is 2.26. The third kappa shape index (κ3) is 2.51. The lowest BCUT2D eigenvalue weighted by molar-refractivity contribution is -0.133. The average Bonchev–Trinajstić information content (AvgIpc) is 2.81. The van der Waals surface area contributed by atoms with E-state index in [1.165, 1.54) is 6.42 Å². The maximum absolute atomic E-state index is 11.9. The minimum Gasteiger partial charge on any atom is -0.339 e. The van der Waals surface area contributed by atoms with Gasteiger partial charge in [-0.1, -0.05) is 11.6 Å². The Hall–Kier alpha value is -1.23. The van der Waals surface area contributed by atoms with Gasteiger partial charge in [0.05, 0.1) is 0 Å². The largest absolute Gasteiger partial charge is 0.339 e. The highest BCUT2D eigenvalue weighted by atomic mass is 16.5. The van der Waals surface area contributed by atoms with Crippen molar-refractivity contribution in [2.45, 2.75) is 51.9 Å². The number of likely N-dealkylation sites (tertiary alicyclic amines) is 1. The molecule has 1 aliphatic carbocycles. The Morgan fingerprint density at radius 3 is 2.55 bits per heavy atom. The Morgan fingerprint density at radius 1 is 1.40 bits per heavy atom. The minimum absolute atomic E-state index is 0.0338. The lowest BCUT2D eigenvalue weighted by Crippen LogP contribution is -2.48. The molecule has 0 N–H and O–H groups in total. The van der Waals surface area contributed by atoms with Crippen molar-refractivity contribution < 1.29 is 9.32 Å². The maximum Gasteiger partial charge on any atom is 0.229 e. The van der Waals surface area contributed by atoms with Gasteiger partial charge >= 0.3 is 0 Å². The molecule has 0 unspecified atom stereocenters. The Bertz CT molecular complexity index is 485. The first kappa shape index (κ1) is 13.7. The van der Waals surface area contributed by atoms with E-state index in [1.54, 1.807) is 6.92 Å². The Morgan fingerprint density at radius 2 is 2.10 bits per heavy atom. The van der Waals surface area contributed by atoms with Crippen molar-refractivity contribution in [3.63, 3.8) is 0 Å². The third-order valence-corrected chi connectivity index (χ3v) is 5.06. The summed E-state index contributed by atoms with van der Waals surface area (Å²) in [5, 5.41) is 3.87. The average molecular weight is 277 g/mol. The molecule has 0 spiro atoms. The monoisotopic (exact) mass is 277 g/mol. The van der Waals surface area contributed by atoms with Crippen LogP contribution in [0.2, 0.25) is 0 Å². The van der Waals surface area contributed by atoms with Crippen LogP contribution in [-0.4, -0.2) is 40.5 Å². The molecule has 2 heterocycles. The molecule has 110 valence electrons. The SMILES string of the molecule is CC(=O)C1(CN2CCC(c3nc(C)no3)CC2)CCC1. The summed E-state index contributed by atoms with van der Waals surface area (Å²) in [6.07, 6.45) is 5.46. The molecule has 1 aliphatic heterocycles. The van der Waals surface area contributed by atoms with Gasteiger partial charge in [-0.2, -0.15) is 4.98 Å². The fourth-order valence-corrected chi connectivity index (χ4v) is 3.47. The number of hydrogen-bond acceptors (Lipinski definition) is 5. The van der Waals surface area contributed by atoms with Gasteiger partial charge in [0.15, 0.2) is 5.82 Å². The van der Waals surface area contributed by atoms with E-state index in [0.717, 1.165) is 51.2 Å². The highest BCUT2D eigenvalue weighted by molar-refractivity contribution is 5.83. The topological polar surface area (TPSA) is 59.2 Å². The van der Waals surface area contributed by atoms with Crippen molar-refractivity contribution >= 4 is 5.78 Å². The predicted molar refractivity (Wildman–Crippen MR) is 74.4 cm³/mol. The lowest BCUT2D eigenvalue weighted by atomic mass is 9.66. The lowest BCUT2D eigenvalue weighted by Gasteiger charge is -2.44. The first-order valence-corrected chi connectivity index (χ1v) is 7.63. The zero-order valence-electron chi connectivity index (χ0n) is 12.4. The van der Waals surface area contributed by atoms with Crippen molar-refractivity contribution in [3.05, 3.63) is 11.7 Å². The van der Waals surface area contributed by atoms with Gasteiger partial charge in [-0.25, -0.2) is 0 Å². The number of ketones is 1. The van der Waals surface area contributed by atoms with Crippen LogP contribution in [0, 0.1) is 12.3 Å². The van der Waals surface area contributed by atoms with Gasteiger partial charge in [-0.15, -0.1) is 0 Å². The predicted octanol–water partition coefficient (Wildman–Crippen LogP) is 2.32. The van der Waals surface area contributed by atoms with Gasteiger partial charge in [0.25, 0.3) is 0 Å². The summed E-state index contributed by atoms with van der Waals surface area (Å²) >= 11 is 0. The normalized spacial score (nSPS) is 23.5. The van der Waals surface area contributed by atoms with Crippen molar-refractivity contribution in [1.29, 1.82) is 0 Å². The van der Waals surface area contributed by atoms with Gasteiger partial charge in [0.2, 0.25) is 5.89 Å². The smallest absolute Gasteiger partial charge is 0.229 e. The molecule has 0 amide bonds. The number of aromatic nitrogens is 2. The molecule has 20 heavy (non-hydrogen) atoms. The first-order chi connectivity index (χ1) is 9.59. The van der Waals surface area contributed by atoms with Crippen LogP contribution in [-0.2, 0) is 4.79 Å². The Balaban J connectivity index is 1.55. The van der Waals surface area contributed by atoms with Gasteiger partial charge in [0, 0.05) is 17.9 Å². The summed E-state index contributed by atoms with van der Waals surface area (Å²) < 4.78 is 5.28. The molecule has 5 nitrogen and oxygen atoms in total. The van der Waals surface area contributed by atoms with Crippen molar-refractivity contribution in [1.82, 2.24) is 15.0 Å². The van der Waals surface area contributed by atoms with Crippen LogP contribution in [0.4, 0.5) is 0 Å². The summed E-state index contributed by atoms with van der Waals surface area (Å²) in [6.45, 7) is 6.61. The maximum atomic E-state index is 11.9. The molecule has 2 fully saturated rings. The highest BCUT2D eigenvalue weighted by Crippen LogP contribution is 2.43. The molecule has 0 aromatic carbocycles. The molecule has 0 radical (unpaired) electrons. The van der Waals surface area contributed by atoms with Crippen LogP contribution in [0.1, 0.15) is 56.7 Å². The van der Waals surface area contributed by atoms with Crippen LogP contribution in [0.5, 0.6) is 0 Å². The van der Waals surface area contributed by atoms with Gasteiger partial charge < -0.3 is 9.42 Å². The van der Waals surface area contributed by atoms with E-state index >= 15 is 0 Å². The minimum atomic E-state index is -0.0338. The van der Waals surface area contributed by atoms with E-state index in [9.17, 15) is 4.79 Å². The molecular weight excluding hydrogens is 254 g/mol. The summed E-state index contributed by atoms with van der Waals surface area (Å²) in [6, 6.07) is 0.